The lowest BCUT2D eigenvalue weighted by molar-refractivity contribution is -0.163. The maximum Gasteiger partial charge on any atom is 0.347 e. The fraction of sp³-hybridized carbons (Fsp3) is 0.444. The summed E-state index contributed by atoms with van der Waals surface area (Å²) in [6.45, 7) is 14.0. The number of benzene rings is 2. The molecule has 1 N–H and O–H groups in total. The molecule has 2 atom stereocenters. The molecule has 0 spiro atoms. The van der Waals surface area contributed by atoms with E-state index in [1.54, 1.807) is 104 Å². The molecule has 1 amide bonds. The fourth-order valence-corrected chi connectivity index (χ4v) is 2.78. The molecule has 35 heavy (non-hydrogen) atoms. The van der Waals surface area contributed by atoms with Crippen LogP contribution in [-0.2, 0) is 19.1 Å². The van der Waals surface area contributed by atoms with Gasteiger partial charge >= 0.3 is 11.9 Å². The van der Waals surface area contributed by atoms with E-state index in [-0.39, 0.29) is 5.91 Å². The van der Waals surface area contributed by atoms with Crippen LogP contribution >= 0.6 is 0 Å². The van der Waals surface area contributed by atoms with Crippen LogP contribution in [-0.4, -0.2) is 41.3 Å². The number of carbonyl (C=O) groups excluding carboxylic acids is 3. The van der Waals surface area contributed by atoms with Gasteiger partial charge < -0.3 is 24.3 Å². The Kier molecular flexibility index (Phi) is 8.90. The van der Waals surface area contributed by atoms with Crippen LogP contribution in [0.3, 0.4) is 0 Å². The topological polar surface area (TPSA) is 100 Å². The van der Waals surface area contributed by atoms with Crippen molar-refractivity contribution in [3.8, 4) is 11.5 Å². The van der Waals surface area contributed by atoms with Gasteiger partial charge in [-0.2, -0.15) is 0 Å². The monoisotopic (exact) mass is 485 g/mol. The summed E-state index contributed by atoms with van der Waals surface area (Å²) in [5.41, 5.74) is -0.215. The molecule has 0 aliphatic carbocycles. The van der Waals surface area contributed by atoms with E-state index in [9.17, 15) is 14.4 Å². The highest BCUT2D eigenvalue weighted by molar-refractivity contribution is 6.04. The molecule has 8 nitrogen and oxygen atoms in total. The first-order valence-electron chi connectivity index (χ1n) is 11.4. The van der Waals surface area contributed by atoms with Crippen molar-refractivity contribution in [2.45, 2.75) is 78.8 Å². The van der Waals surface area contributed by atoms with E-state index in [0.717, 1.165) is 0 Å². The first-order chi connectivity index (χ1) is 16.1. The Morgan fingerprint density at radius 3 is 1.40 bits per heavy atom. The van der Waals surface area contributed by atoms with Crippen LogP contribution in [0.15, 0.2) is 48.5 Å². The number of hydrogen-bond donors (Lipinski definition) is 1. The summed E-state index contributed by atoms with van der Waals surface area (Å²) in [6.07, 6.45) is -1.55. The van der Waals surface area contributed by atoms with Crippen LogP contribution in [0.4, 0.5) is 5.69 Å². The zero-order valence-electron chi connectivity index (χ0n) is 21.6. The summed E-state index contributed by atoms with van der Waals surface area (Å²) >= 11 is 0. The van der Waals surface area contributed by atoms with Crippen molar-refractivity contribution >= 4 is 23.5 Å². The van der Waals surface area contributed by atoms with Gasteiger partial charge in [0.1, 0.15) is 22.7 Å². The van der Waals surface area contributed by atoms with Crippen LogP contribution in [0.2, 0.25) is 0 Å². The lowest BCUT2D eigenvalue weighted by atomic mass is 10.2. The highest BCUT2D eigenvalue weighted by Gasteiger charge is 2.24. The number of hydrogen-bond acceptors (Lipinski definition) is 7. The molecule has 2 aromatic rings. The van der Waals surface area contributed by atoms with Crippen LogP contribution in [0, 0.1) is 0 Å². The molecule has 0 bridgehead atoms. The molecule has 2 aromatic carbocycles. The van der Waals surface area contributed by atoms with Gasteiger partial charge in [0, 0.05) is 11.3 Å². The predicted molar refractivity (Wildman–Crippen MR) is 133 cm³/mol. The average molecular weight is 486 g/mol. The van der Waals surface area contributed by atoms with Crippen molar-refractivity contribution in [2.24, 2.45) is 0 Å². The molecule has 0 aliphatic heterocycles. The Balaban J connectivity index is 1.91. The summed E-state index contributed by atoms with van der Waals surface area (Å²) in [7, 11) is 0. The minimum atomic E-state index is -0.785. The highest BCUT2D eigenvalue weighted by atomic mass is 16.6. The molecule has 0 heterocycles. The minimum absolute atomic E-state index is 0.312. The van der Waals surface area contributed by atoms with E-state index >= 15 is 0 Å². The zero-order valence-corrected chi connectivity index (χ0v) is 21.6. The Labute approximate surface area is 206 Å². The van der Waals surface area contributed by atoms with Gasteiger partial charge in [-0.25, -0.2) is 9.59 Å². The molecule has 0 aromatic heterocycles. The van der Waals surface area contributed by atoms with E-state index in [4.69, 9.17) is 18.9 Å². The van der Waals surface area contributed by atoms with Gasteiger partial charge in [-0.1, -0.05) is 0 Å². The Bertz CT molecular complexity index is 1020. The first-order valence-corrected chi connectivity index (χ1v) is 11.4. The normalized spacial score (nSPS) is 13.3. The van der Waals surface area contributed by atoms with E-state index in [1.807, 2.05) is 0 Å². The third kappa shape index (κ3) is 9.68. The number of ether oxygens (including phenoxy) is 4. The zero-order chi connectivity index (χ0) is 26.4. The molecule has 2 rings (SSSR count). The van der Waals surface area contributed by atoms with Gasteiger partial charge in [0.2, 0.25) is 0 Å². The number of rotatable bonds is 8. The van der Waals surface area contributed by atoms with Crippen molar-refractivity contribution in [1.82, 2.24) is 0 Å². The fourth-order valence-electron chi connectivity index (χ4n) is 2.78. The maximum absolute atomic E-state index is 12.6. The van der Waals surface area contributed by atoms with E-state index < -0.39 is 35.3 Å². The minimum Gasteiger partial charge on any atom is -0.479 e. The van der Waals surface area contributed by atoms with Crippen LogP contribution in [0.5, 0.6) is 11.5 Å². The predicted octanol–water partition coefficient (Wildman–Crippen LogP) is 5.16. The SMILES string of the molecule is CC(Oc1ccc(NC(=O)c2ccc(OC(C)C(=O)OC(C)(C)C)cc2)cc1)C(=O)OC(C)(C)C. The van der Waals surface area contributed by atoms with E-state index in [0.29, 0.717) is 22.7 Å². The molecule has 0 radical (unpaired) electrons. The van der Waals surface area contributed by atoms with Crippen LogP contribution < -0.4 is 14.8 Å². The average Bonchev–Trinajstić information content (AvgIpc) is 2.73. The van der Waals surface area contributed by atoms with Crippen molar-refractivity contribution in [3.05, 3.63) is 54.1 Å². The molecule has 0 aliphatic rings. The Morgan fingerprint density at radius 1 is 0.657 bits per heavy atom. The van der Waals surface area contributed by atoms with Gasteiger partial charge in [-0.3, -0.25) is 4.79 Å². The second-order valence-electron chi connectivity index (χ2n) is 10.1. The van der Waals surface area contributed by atoms with E-state index in [2.05, 4.69) is 5.32 Å². The van der Waals surface area contributed by atoms with Gasteiger partial charge in [0.15, 0.2) is 12.2 Å². The lowest BCUT2D eigenvalue weighted by Gasteiger charge is -2.22. The molecular formula is C27H35NO7. The van der Waals surface area contributed by atoms with Gasteiger partial charge in [0.05, 0.1) is 0 Å². The molecule has 0 fully saturated rings. The molecular weight excluding hydrogens is 450 g/mol. The smallest absolute Gasteiger partial charge is 0.347 e. The van der Waals surface area contributed by atoms with Crippen molar-refractivity contribution < 1.29 is 33.3 Å². The molecule has 190 valence electrons. The highest BCUT2D eigenvalue weighted by Crippen LogP contribution is 2.20. The summed E-state index contributed by atoms with van der Waals surface area (Å²) < 4.78 is 21.8. The van der Waals surface area contributed by atoms with Crippen LogP contribution in [0.1, 0.15) is 65.7 Å². The van der Waals surface area contributed by atoms with Crippen molar-refractivity contribution in [2.75, 3.05) is 5.32 Å². The Hall–Kier alpha value is -3.55. The largest absolute Gasteiger partial charge is 0.479 e. The number of esters is 2. The summed E-state index contributed by atoms with van der Waals surface area (Å²) in [5.74, 6) is -0.315. The number of amides is 1. The standard InChI is InChI=1S/C27H35NO7/c1-17(24(30)34-26(3,4)5)32-21-13-9-19(10-14-21)23(29)28-20-11-15-22(16-12-20)33-18(2)25(31)35-27(6,7)8/h9-18H,1-8H3,(H,28,29). The molecule has 8 heteroatoms. The van der Waals surface area contributed by atoms with Crippen molar-refractivity contribution in [1.29, 1.82) is 0 Å². The summed E-state index contributed by atoms with van der Waals surface area (Å²) in [4.78, 5) is 36.7. The van der Waals surface area contributed by atoms with Gasteiger partial charge in [0.25, 0.3) is 5.91 Å². The Morgan fingerprint density at radius 2 is 1.03 bits per heavy atom. The summed E-state index contributed by atoms with van der Waals surface area (Å²) in [5, 5.41) is 2.80. The number of carbonyl (C=O) groups is 3. The summed E-state index contributed by atoms with van der Waals surface area (Å²) in [6, 6.07) is 13.1. The lowest BCUT2D eigenvalue weighted by Crippen LogP contribution is -2.33. The third-order valence-corrected chi connectivity index (χ3v) is 4.33. The second-order valence-corrected chi connectivity index (χ2v) is 10.1. The van der Waals surface area contributed by atoms with Crippen LogP contribution in [0.25, 0.3) is 0 Å². The number of nitrogens with one attached hydrogen (secondary N) is 1. The second kappa shape index (κ2) is 11.3. The van der Waals surface area contributed by atoms with Gasteiger partial charge in [-0.05, 0) is 104 Å². The molecule has 0 saturated carbocycles. The maximum atomic E-state index is 12.6. The van der Waals surface area contributed by atoms with Gasteiger partial charge in [-0.15, -0.1) is 0 Å². The first kappa shape index (κ1) is 27.7. The van der Waals surface area contributed by atoms with E-state index in [1.165, 1.54) is 0 Å². The van der Waals surface area contributed by atoms with Crippen molar-refractivity contribution in [3.63, 3.8) is 0 Å². The number of anilines is 1. The third-order valence-electron chi connectivity index (χ3n) is 4.33. The molecule has 2 unspecified atom stereocenters. The molecule has 0 saturated heterocycles. The quantitative estimate of drug-likeness (QED) is 0.516.